The van der Waals surface area contributed by atoms with Gasteiger partial charge in [-0.25, -0.2) is 19.2 Å². The van der Waals surface area contributed by atoms with Crippen molar-refractivity contribution in [3.8, 4) is 11.3 Å². The number of halogens is 2. The first-order valence-corrected chi connectivity index (χ1v) is 12.4. The maximum absolute atomic E-state index is 15.8. The van der Waals surface area contributed by atoms with Crippen LogP contribution in [0.4, 0.5) is 15.0 Å². The molecule has 0 bridgehead atoms. The van der Waals surface area contributed by atoms with Crippen LogP contribution < -0.4 is 4.90 Å². The van der Waals surface area contributed by atoms with Gasteiger partial charge in [-0.1, -0.05) is 23.7 Å². The molecule has 2 aliphatic heterocycles. The van der Waals surface area contributed by atoms with Crippen LogP contribution in [-0.4, -0.2) is 56.7 Å². The maximum atomic E-state index is 15.8. The Morgan fingerprint density at radius 2 is 1.94 bits per heavy atom. The number of rotatable bonds is 3. The van der Waals surface area contributed by atoms with Gasteiger partial charge in [0.2, 0.25) is 0 Å². The number of fused-ring (bicyclic) bond motifs is 2. The molecule has 1 amide bonds. The summed E-state index contributed by atoms with van der Waals surface area (Å²) in [4.78, 5) is 29.8. The van der Waals surface area contributed by atoms with Gasteiger partial charge in [-0.3, -0.25) is 4.98 Å². The number of hydrogen-bond donors (Lipinski definition) is 0. The van der Waals surface area contributed by atoms with E-state index in [9.17, 15) is 4.79 Å². The molecule has 0 unspecified atom stereocenters. The molecule has 182 valence electrons. The van der Waals surface area contributed by atoms with Crippen molar-refractivity contribution in [3.05, 3.63) is 47.1 Å². The topological polar surface area (TPSA) is 71.5 Å². The highest BCUT2D eigenvalue weighted by atomic mass is 35.5. The molecule has 1 saturated carbocycles. The third-order valence-electron chi connectivity index (χ3n) is 7.09. The Balaban J connectivity index is 1.31. The number of aromatic nitrogens is 3. The van der Waals surface area contributed by atoms with Gasteiger partial charge in [0.25, 0.3) is 0 Å². The number of benzene rings is 1. The third-order valence-corrected chi connectivity index (χ3v) is 7.42. The predicted molar refractivity (Wildman–Crippen MR) is 132 cm³/mol. The highest BCUT2D eigenvalue weighted by Gasteiger charge is 2.50. The van der Waals surface area contributed by atoms with E-state index in [1.165, 1.54) is 6.33 Å². The highest BCUT2D eigenvalue weighted by Crippen LogP contribution is 2.48. The summed E-state index contributed by atoms with van der Waals surface area (Å²) in [5.74, 6) is 0.535. The largest absolute Gasteiger partial charge is 0.444 e. The molecule has 1 aliphatic carbocycles. The number of hydrogen-bond acceptors (Lipinski definition) is 6. The molecule has 1 aromatic carbocycles. The Morgan fingerprint density at radius 1 is 1.14 bits per heavy atom. The van der Waals surface area contributed by atoms with Gasteiger partial charge in [0, 0.05) is 29.9 Å². The van der Waals surface area contributed by atoms with Crippen molar-refractivity contribution >= 4 is 34.4 Å². The number of pyridine rings is 1. The summed E-state index contributed by atoms with van der Waals surface area (Å²) in [5, 5.41) is 1.22. The fraction of sp³-hybridized carbons (Fsp3) is 0.462. The molecule has 0 N–H and O–H groups in total. The second kappa shape index (κ2) is 8.01. The number of anilines is 1. The number of ether oxygens (including phenoxy) is 1. The Hall–Kier alpha value is -3.00. The van der Waals surface area contributed by atoms with Gasteiger partial charge in [0.15, 0.2) is 5.82 Å². The molecule has 4 heterocycles. The second-order valence-electron chi connectivity index (χ2n) is 10.6. The Labute approximate surface area is 208 Å². The zero-order chi connectivity index (χ0) is 24.5. The zero-order valence-electron chi connectivity index (χ0n) is 20.0. The molecule has 3 fully saturated rings. The summed E-state index contributed by atoms with van der Waals surface area (Å²) >= 11 is 6.48. The molecule has 35 heavy (non-hydrogen) atoms. The number of nitrogens with zero attached hydrogens (tertiary/aromatic N) is 5. The minimum atomic E-state index is -0.537. The average molecular weight is 496 g/mol. The molecule has 3 aromatic rings. The van der Waals surface area contributed by atoms with Crippen LogP contribution in [0.25, 0.3) is 22.2 Å². The lowest BCUT2D eigenvalue weighted by Crippen LogP contribution is -2.63. The first-order chi connectivity index (χ1) is 16.7. The van der Waals surface area contributed by atoms with E-state index in [0.717, 1.165) is 30.4 Å². The van der Waals surface area contributed by atoms with Crippen LogP contribution in [0.5, 0.6) is 0 Å². The van der Waals surface area contributed by atoms with Crippen LogP contribution in [-0.2, 0) is 4.74 Å². The smallest absolute Gasteiger partial charge is 0.410 e. The molecule has 3 aliphatic rings. The lowest BCUT2D eigenvalue weighted by Gasteiger charge is -2.47. The van der Waals surface area contributed by atoms with Crippen LogP contribution in [0, 0.1) is 5.82 Å². The minimum absolute atomic E-state index is 0.0551. The van der Waals surface area contributed by atoms with E-state index in [-0.39, 0.29) is 29.4 Å². The molecule has 2 atom stereocenters. The van der Waals surface area contributed by atoms with E-state index in [1.54, 1.807) is 11.1 Å². The fourth-order valence-electron chi connectivity index (χ4n) is 5.34. The van der Waals surface area contributed by atoms with Crippen LogP contribution in [0.1, 0.15) is 51.5 Å². The molecule has 9 heteroatoms. The van der Waals surface area contributed by atoms with Crippen molar-refractivity contribution in [2.24, 2.45) is 0 Å². The summed E-state index contributed by atoms with van der Waals surface area (Å²) < 4.78 is 21.4. The van der Waals surface area contributed by atoms with Crippen molar-refractivity contribution in [2.45, 2.75) is 63.6 Å². The van der Waals surface area contributed by atoms with Crippen molar-refractivity contribution in [3.63, 3.8) is 0 Å². The lowest BCUT2D eigenvalue weighted by molar-refractivity contribution is 0.0193. The number of carbonyl (C=O) groups is 1. The standard InChI is InChI=1S/C26H27ClFN5O2/c1-26(2,3)35-25(34)32-10-9-18-19(32)12-33(18)24-16-11-29-22(21(28)23(16)30-13-31-24)15-5-4-6-17(27)20(15)14-7-8-14/h4-6,11,13-14,18-19H,7-10,12H2,1-3H3/t18-,19-/m1/s1. The Kier molecular flexibility index (Phi) is 5.14. The van der Waals surface area contributed by atoms with Crippen molar-refractivity contribution in [1.82, 2.24) is 19.9 Å². The van der Waals surface area contributed by atoms with E-state index < -0.39 is 11.4 Å². The fourth-order valence-corrected chi connectivity index (χ4v) is 5.66. The van der Waals surface area contributed by atoms with Gasteiger partial charge in [-0.15, -0.1) is 0 Å². The quantitative estimate of drug-likeness (QED) is 0.473. The second-order valence-corrected chi connectivity index (χ2v) is 11.0. The number of amides is 1. The van der Waals surface area contributed by atoms with Crippen molar-refractivity contribution in [1.29, 1.82) is 0 Å². The SMILES string of the molecule is CC(C)(C)OC(=O)N1CC[C@@H]2[C@H]1CN2c1ncnc2c(F)c(-c3cccc(Cl)c3C3CC3)ncc12. The molecule has 0 spiro atoms. The van der Waals surface area contributed by atoms with Crippen molar-refractivity contribution in [2.75, 3.05) is 18.0 Å². The summed E-state index contributed by atoms with van der Waals surface area (Å²) in [7, 11) is 0. The summed E-state index contributed by atoms with van der Waals surface area (Å²) in [6.07, 6.45) is 5.68. The molecule has 6 rings (SSSR count). The zero-order valence-corrected chi connectivity index (χ0v) is 20.7. The van der Waals surface area contributed by atoms with Gasteiger partial charge in [-0.05, 0) is 57.6 Å². The number of likely N-dealkylation sites (tertiary alicyclic amines) is 1. The van der Waals surface area contributed by atoms with Crippen LogP contribution in [0.2, 0.25) is 5.02 Å². The van der Waals surface area contributed by atoms with Gasteiger partial charge < -0.3 is 14.5 Å². The molecule has 0 radical (unpaired) electrons. The van der Waals surface area contributed by atoms with Crippen molar-refractivity contribution < 1.29 is 13.9 Å². The molecular weight excluding hydrogens is 469 g/mol. The van der Waals surface area contributed by atoms with Crippen LogP contribution in [0.3, 0.4) is 0 Å². The van der Waals surface area contributed by atoms with E-state index in [0.29, 0.717) is 35.2 Å². The lowest BCUT2D eigenvalue weighted by atomic mass is 9.96. The highest BCUT2D eigenvalue weighted by molar-refractivity contribution is 6.31. The van der Waals surface area contributed by atoms with E-state index >= 15 is 4.39 Å². The van der Waals surface area contributed by atoms with Crippen LogP contribution in [0.15, 0.2) is 30.7 Å². The molecule has 7 nitrogen and oxygen atoms in total. The molecular formula is C26H27ClFN5O2. The van der Waals surface area contributed by atoms with E-state index in [4.69, 9.17) is 16.3 Å². The predicted octanol–water partition coefficient (Wildman–Crippen LogP) is 5.56. The Bertz CT molecular complexity index is 1340. The monoisotopic (exact) mass is 495 g/mol. The van der Waals surface area contributed by atoms with Gasteiger partial charge in [0.1, 0.15) is 29.0 Å². The van der Waals surface area contributed by atoms with Crippen LogP contribution >= 0.6 is 11.6 Å². The summed E-state index contributed by atoms with van der Waals surface area (Å²) in [5.41, 5.74) is 1.67. The first kappa shape index (κ1) is 22.5. The number of carbonyl (C=O) groups excluding carboxylic acids is 1. The first-order valence-electron chi connectivity index (χ1n) is 12.1. The Morgan fingerprint density at radius 3 is 2.69 bits per heavy atom. The van der Waals surface area contributed by atoms with Gasteiger partial charge in [-0.2, -0.15) is 0 Å². The normalized spacial score (nSPS) is 21.7. The third kappa shape index (κ3) is 3.78. The summed E-state index contributed by atoms with van der Waals surface area (Å²) in [6.45, 7) is 6.83. The van der Waals surface area contributed by atoms with E-state index in [2.05, 4.69) is 19.9 Å². The average Bonchev–Trinajstić information content (AvgIpc) is 3.56. The van der Waals surface area contributed by atoms with Gasteiger partial charge in [0.05, 0.1) is 17.5 Å². The van der Waals surface area contributed by atoms with Gasteiger partial charge >= 0.3 is 6.09 Å². The van der Waals surface area contributed by atoms with E-state index in [1.807, 2.05) is 39.0 Å². The molecule has 2 saturated heterocycles. The maximum Gasteiger partial charge on any atom is 0.410 e. The minimum Gasteiger partial charge on any atom is -0.444 e. The summed E-state index contributed by atoms with van der Waals surface area (Å²) in [6, 6.07) is 5.72. The molecule has 2 aromatic heterocycles.